The molecule has 0 aliphatic carbocycles. The van der Waals surface area contributed by atoms with Crippen molar-refractivity contribution in [3.63, 3.8) is 0 Å². The van der Waals surface area contributed by atoms with Crippen LogP contribution in [0.2, 0.25) is 0 Å². The first-order valence-electron chi connectivity index (χ1n) is 10.3. The van der Waals surface area contributed by atoms with Crippen LogP contribution in [-0.4, -0.2) is 40.6 Å². The van der Waals surface area contributed by atoms with E-state index in [0.717, 1.165) is 6.07 Å². The van der Waals surface area contributed by atoms with E-state index in [0.29, 0.717) is 36.7 Å². The molecule has 3 aromatic rings. The van der Waals surface area contributed by atoms with Crippen LogP contribution in [0.3, 0.4) is 0 Å². The molecule has 0 bridgehead atoms. The summed E-state index contributed by atoms with van der Waals surface area (Å²) in [5.74, 6) is -0.103. The van der Waals surface area contributed by atoms with E-state index >= 15 is 0 Å². The molecule has 0 N–H and O–H groups in total. The van der Waals surface area contributed by atoms with Crippen LogP contribution >= 0.6 is 0 Å². The van der Waals surface area contributed by atoms with Gasteiger partial charge in [-0.1, -0.05) is 36.3 Å². The highest BCUT2D eigenvalue weighted by Crippen LogP contribution is 2.33. The largest absolute Gasteiger partial charge is 0.416 e. The highest BCUT2D eigenvalue weighted by atomic mass is 19.4. The standard InChI is InChI=1S/C23H22F3N3O3/c1-2-16-13-20(32-28-16)22(30)29-10-11-31-21(14-29)19-9-5-7-17(27-19)12-15-6-3-4-8-18(15)23(24,25)26/h3-9,13,21H,2,10-12,14H2,1H3. The Hall–Kier alpha value is -3.20. The normalized spacial score (nSPS) is 16.9. The van der Waals surface area contributed by atoms with Gasteiger partial charge in [-0.15, -0.1) is 0 Å². The minimum Gasteiger partial charge on any atom is -0.368 e. The van der Waals surface area contributed by atoms with E-state index in [1.807, 2.05) is 6.92 Å². The number of ether oxygens (including phenoxy) is 1. The van der Waals surface area contributed by atoms with E-state index in [1.165, 1.54) is 12.1 Å². The van der Waals surface area contributed by atoms with Crippen LogP contribution in [-0.2, 0) is 23.8 Å². The molecule has 3 heterocycles. The molecule has 32 heavy (non-hydrogen) atoms. The van der Waals surface area contributed by atoms with Gasteiger partial charge in [-0.25, -0.2) is 0 Å². The highest BCUT2D eigenvalue weighted by molar-refractivity contribution is 5.91. The topological polar surface area (TPSA) is 68.5 Å². The van der Waals surface area contributed by atoms with Crippen molar-refractivity contribution in [3.05, 3.63) is 82.5 Å². The molecule has 1 aliphatic rings. The lowest BCUT2D eigenvalue weighted by molar-refractivity contribution is -0.138. The number of halogens is 3. The number of alkyl halides is 3. The summed E-state index contributed by atoms with van der Waals surface area (Å²) in [6.07, 6.45) is -4.22. The van der Waals surface area contributed by atoms with Crippen LogP contribution in [0.15, 0.2) is 53.1 Å². The number of rotatable bonds is 5. The SMILES string of the molecule is CCc1cc(C(=O)N2CCOC(c3cccc(Cc4ccccc4C(F)(F)F)n3)C2)on1. The van der Waals surface area contributed by atoms with Gasteiger partial charge in [0.2, 0.25) is 5.76 Å². The maximum Gasteiger partial charge on any atom is 0.416 e. The van der Waals surface area contributed by atoms with Crippen molar-refractivity contribution in [2.45, 2.75) is 32.0 Å². The van der Waals surface area contributed by atoms with Crippen molar-refractivity contribution in [3.8, 4) is 0 Å². The van der Waals surface area contributed by atoms with Gasteiger partial charge in [-0.2, -0.15) is 13.2 Å². The molecule has 2 aromatic heterocycles. The fourth-order valence-corrected chi connectivity index (χ4v) is 3.67. The van der Waals surface area contributed by atoms with Gasteiger partial charge in [-0.05, 0) is 30.2 Å². The van der Waals surface area contributed by atoms with Crippen molar-refractivity contribution in [2.24, 2.45) is 0 Å². The van der Waals surface area contributed by atoms with Crippen molar-refractivity contribution >= 4 is 5.91 Å². The number of pyridine rings is 1. The Morgan fingerprint density at radius 3 is 2.72 bits per heavy atom. The summed E-state index contributed by atoms with van der Waals surface area (Å²) in [4.78, 5) is 18.9. The van der Waals surface area contributed by atoms with Crippen LogP contribution in [0, 0.1) is 0 Å². The molecule has 168 valence electrons. The summed E-state index contributed by atoms with van der Waals surface area (Å²) in [5.41, 5.74) is 1.25. The third-order valence-electron chi connectivity index (χ3n) is 5.34. The Kier molecular flexibility index (Phi) is 6.27. The Bertz CT molecular complexity index is 1100. The van der Waals surface area contributed by atoms with Crippen molar-refractivity contribution in [1.29, 1.82) is 0 Å². The zero-order valence-electron chi connectivity index (χ0n) is 17.4. The van der Waals surface area contributed by atoms with Gasteiger partial charge in [0.1, 0.15) is 6.10 Å². The van der Waals surface area contributed by atoms with Crippen LogP contribution < -0.4 is 0 Å². The molecule has 1 saturated heterocycles. The van der Waals surface area contributed by atoms with Gasteiger partial charge in [-0.3, -0.25) is 9.78 Å². The first kappa shape index (κ1) is 22.0. The number of hydrogen-bond acceptors (Lipinski definition) is 5. The Labute approximate surface area is 183 Å². The summed E-state index contributed by atoms with van der Waals surface area (Å²) >= 11 is 0. The summed E-state index contributed by atoms with van der Waals surface area (Å²) < 4.78 is 50.9. The van der Waals surface area contributed by atoms with Gasteiger partial charge >= 0.3 is 6.18 Å². The fourth-order valence-electron chi connectivity index (χ4n) is 3.67. The Morgan fingerprint density at radius 2 is 1.97 bits per heavy atom. The van der Waals surface area contributed by atoms with Crippen molar-refractivity contribution in [2.75, 3.05) is 19.7 Å². The second-order valence-electron chi connectivity index (χ2n) is 7.53. The minimum absolute atomic E-state index is 0.0384. The maximum absolute atomic E-state index is 13.3. The lowest BCUT2D eigenvalue weighted by Gasteiger charge is -2.32. The Balaban J connectivity index is 1.50. The first-order valence-corrected chi connectivity index (χ1v) is 10.3. The summed E-state index contributed by atoms with van der Waals surface area (Å²) in [7, 11) is 0. The zero-order chi connectivity index (χ0) is 22.7. The van der Waals surface area contributed by atoms with E-state index in [4.69, 9.17) is 9.26 Å². The molecule has 6 nitrogen and oxygen atoms in total. The molecule has 1 atom stereocenters. The monoisotopic (exact) mass is 445 g/mol. The molecule has 1 amide bonds. The van der Waals surface area contributed by atoms with Crippen molar-refractivity contribution < 1.29 is 27.2 Å². The first-order chi connectivity index (χ1) is 15.3. The number of morpholine rings is 1. The van der Waals surface area contributed by atoms with Gasteiger partial charge in [0.25, 0.3) is 5.91 Å². The summed E-state index contributed by atoms with van der Waals surface area (Å²) in [5, 5.41) is 3.86. The van der Waals surface area contributed by atoms with Gasteiger partial charge < -0.3 is 14.2 Å². The molecule has 1 aromatic carbocycles. The second kappa shape index (κ2) is 9.12. The highest BCUT2D eigenvalue weighted by Gasteiger charge is 2.33. The molecule has 0 spiro atoms. The van der Waals surface area contributed by atoms with Gasteiger partial charge in [0, 0.05) is 24.7 Å². The van der Waals surface area contributed by atoms with Crippen LogP contribution in [0.1, 0.15) is 51.8 Å². The molecule has 0 saturated carbocycles. The smallest absolute Gasteiger partial charge is 0.368 e. The number of nitrogens with zero attached hydrogens (tertiary/aromatic N) is 3. The molecule has 9 heteroatoms. The minimum atomic E-state index is -4.43. The zero-order valence-corrected chi connectivity index (χ0v) is 17.4. The third kappa shape index (κ3) is 4.83. The lowest BCUT2D eigenvalue weighted by Crippen LogP contribution is -2.42. The molecule has 1 fully saturated rings. The predicted molar refractivity (Wildman–Crippen MR) is 109 cm³/mol. The number of carbonyl (C=O) groups excluding carboxylic acids is 1. The molecule has 4 rings (SSSR count). The number of aromatic nitrogens is 2. The number of hydrogen-bond donors (Lipinski definition) is 0. The predicted octanol–water partition coefficient (Wildman–Crippen LogP) is 4.46. The molecular formula is C23H22F3N3O3. The van der Waals surface area contributed by atoms with E-state index in [1.54, 1.807) is 35.2 Å². The van der Waals surface area contributed by atoms with Gasteiger partial charge in [0.15, 0.2) is 0 Å². The van der Waals surface area contributed by atoms with Gasteiger partial charge in [0.05, 0.1) is 30.1 Å². The fraction of sp³-hybridized carbons (Fsp3) is 0.348. The number of carbonyl (C=O) groups is 1. The van der Waals surface area contributed by atoms with Crippen LogP contribution in [0.5, 0.6) is 0 Å². The van der Waals surface area contributed by atoms with Crippen molar-refractivity contribution in [1.82, 2.24) is 15.0 Å². The van der Waals surface area contributed by atoms with E-state index in [-0.39, 0.29) is 30.2 Å². The quantitative estimate of drug-likeness (QED) is 0.580. The van der Waals surface area contributed by atoms with Crippen LogP contribution in [0.4, 0.5) is 13.2 Å². The second-order valence-corrected chi connectivity index (χ2v) is 7.53. The van der Waals surface area contributed by atoms with E-state index < -0.39 is 17.8 Å². The summed E-state index contributed by atoms with van der Waals surface area (Å²) in [6, 6.07) is 12.3. The average Bonchev–Trinajstić information content (AvgIpc) is 3.28. The van der Waals surface area contributed by atoms with E-state index in [2.05, 4.69) is 10.1 Å². The lowest BCUT2D eigenvalue weighted by atomic mass is 10.0. The molecule has 0 radical (unpaired) electrons. The van der Waals surface area contributed by atoms with Crippen LogP contribution in [0.25, 0.3) is 0 Å². The molecular weight excluding hydrogens is 423 g/mol. The number of amides is 1. The number of aryl methyl sites for hydroxylation is 1. The summed E-state index contributed by atoms with van der Waals surface area (Å²) in [6.45, 7) is 2.89. The average molecular weight is 445 g/mol. The third-order valence-corrected chi connectivity index (χ3v) is 5.34. The van der Waals surface area contributed by atoms with E-state index in [9.17, 15) is 18.0 Å². The maximum atomic E-state index is 13.3. The number of benzene rings is 1. The molecule has 1 aliphatic heterocycles. The Morgan fingerprint density at radius 1 is 1.16 bits per heavy atom. The molecule has 1 unspecified atom stereocenters.